The molecule has 59 heavy (non-hydrogen) atoms. The minimum atomic E-state index is -0.182. The Morgan fingerprint density at radius 1 is 0.407 bits per heavy atom. The molecule has 0 fully saturated rings. The molecular weight excluding hydrogens is 723 g/mol. The highest BCUT2D eigenvalue weighted by atomic mass is 16.5. The number of benzene rings is 8. The summed E-state index contributed by atoms with van der Waals surface area (Å²) in [4.78, 5) is 4.58. The monoisotopic (exact) mass is 764 g/mol. The largest absolute Gasteiger partial charge is 0.458 e. The fourth-order valence-corrected chi connectivity index (χ4v) is 8.92. The van der Waals surface area contributed by atoms with Crippen LogP contribution in [-0.4, -0.2) is 6.71 Å². The summed E-state index contributed by atoms with van der Waals surface area (Å²) in [6, 6.07) is 56.2. The lowest BCUT2D eigenvalue weighted by Gasteiger charge is -2.36. The van der Waals surface area contributed by atoms with Crippen molar-refractivity contribution in [3.8, 4) is 23.0 Å². The Bertz CT molecular complexity index is 3010. The van der Waals surface area contributed by atoms with E-state index in [4.69, 9.17) is 13.9 Å². The molecule has 0 aliphatic carbocycles. The highest BCUT2D eigenvalue weighted by Gasteiger charge is 2.43. The number of hydrogen-bond acceptors (Lipinski definition) is 5. The Kier molecular flexibility index (Phi) is 7.99. The average molecular weight is 765 g/mol. The fourth-order valence-electron chi connectivity index (χ4n) is 8.92. The molecule has 0 atom stereocenters. The molecule has 0 bridgehead atoms. The van der Waals surface area contributed by atoms with Gasteiger partial charge in [0.25, 0.3) is 6.71 Å². The molecule has 3 heterocycles. The Balaban J connectivity index is 1.21. The first-order chi connectivity index (χ1) is 28.8. The smallest absolute Gasteiger partial charge is 0.261 e. The predicted octanol–water partition coefficient (Wildman–Crippen LogP) is 12.8. The van der Waals surface area contributed by atoms with Crippen molar-refractivity contribution >= 4 is 79.2 Å². The third-order valence-electron chi connectivity index (χ3n) is 11.9. The first kappa shape index (κ1) is 35.0. The van der Waals surface area contributed by atoms with Gasteiger partial charge < -0.3 is 23.7 Å². The Morgan fingerprint density at radius 2 is 0.881 bits per heavy atom. The fraction of sp³-hybridized carbons (Fsp3) is 0.0943. The van der Waals surface area contributed by atoms with Gasteiger partial charge in [-0.25, -0.2) is 0 Å². The van der Waals surface area contributed by atoms with Crippen LogP contribution in [0.25, 0.3) is 21.9 Å². The summed E-state index contributed by atoms with van der Waals surface area (Å²) in [6.07, 6.45) is 0. The van der Waals surface area contributed by atoms with Crippen LogP contribution in [0.2, 0.25) is 0 Å². The summed E-state index contributed by atoms with van der Waals surface area (Å²) in [5.41, 5.74) is 16.8. The number of aryl methyl sites for hydroxylation is 5. The zero-order chi connectivity index (χ0) is 39.9. The summed E-state index contributed by atoms with van der Waals surface area (Å²) < 4.78 is 21.2. The SMILES string of the molecule is Cc1ccc(N(c2ccc(C)cc2)c2cc3c4c(c2)Oc2cc(N(c5ccc(C)cc5)c5ccc(C)cc5)c5oc6ccccc6c5c2B4c2cc(C)ccc2O3)cc1. The van der Waals surface area contributed by atoms with E-state index in [9.17, 15) is 0 Å². The molecule has 2 aliphatic rings. The van der Waals surface area contributed by atoms with E-state index < -0.39 is 0 Å². The normalized spacial score (nSPS) is 12.4. The van der Waals surface area contributed by atoms with Crippen LogP contribution in [0.3, 0.4) is 0 Å². The quantitative estimate of drug-likeness (QED) is 0.158. The maximum absolute atomic E-state index is 7.32. The van der Waals surface area contributed by atoms with E-state index in [0.29, 0.717) is 0 Å². The van der Waals surface area contributed by atoms with Gasteiger partial charge in [0, 0.05) is 57.2 Å². The number of anilines is 6. The van der Waals surface area contributed by atoms with Crippen LogP contribution in [0.1, 0.15) is 27.8 Å². The number of fused-ring (bicyclic) bond motifs is 8. The number of rotatable bonds is 6. The van der Waals surface area contributed by atoms with Gasteiger partial charge in [-0.2, -0.15) is 0 Å². The van der Waals surface area contributed by atoms with Crippen molar-refractivity contribution < 1.29 is 13.9 Å². The molecule has 2 aliphatic heterocycles. The standard InChI is InChI=1S/C53H41BN2O3/c1-32-10-19-37(20-11-32)55(38-21-12-33(2)13-22-38)41-29-47-51-48(30-41)58-49-31-44(56(39-23-14-34(3)15-24-39)40-25-16-35(4)17-26-40)53-50(42-8-6-7-9-45(42)59-53)52(49)54(51)43-28-36(5)18-27-46(43)57-47/h6-31H,1-5H3. The van der Waals surface area contributed by atoms with Crippen molar-refractivity contribution in [2.75, 3.05) is 9.80 Å². The molecule has 0 saturated heterocycles. The molecule has 0 radical (unpaired) electrons. The highest BCUT2D eigenvalue weighted by molar-refractivity contribution is 7.00. The predicted molar refractivity (Wildman–Crippen MR) is 244 cm³/mol. The summed E-state index contributed by atoms with van der Waals surface area (Å²) in [6.45, 7) is 10.4. The van der Waals surface area contributed by atoms with Crippen LogP contribution in [-0.2, 0) is 0 Å². The summed E-state index contributed by atoms with van der Waals surface area (Å²) in [5, 5.41) is 2.09. The van der Waals surface area contributed by atoms with Crippen LogP contribution >= 0.6 is 0 Å². The lowest BCUT2D eigenvalue weighted by atomic mass is 9.34. The zero-order valence-corrected chi connectivity index (χ0v) is 33.7. The lowest BCUT2D eigenvalue weighted by molar-refractivity contribution is 0.465. The molecule has 8 aromatic carbocycles. The van der Waals surface area contributed by atoms with Gasteiger partial charge in [0.2, 0.25) is 0 Å². The molecule has 5 nitrogen and oxygen atoms in total. The molecular formula is C53H41BN2O3. The van der Waals surface area contributed by atoms with Gasteiger partial charge in [-0.05, 0) is 106 Å². The van der Waals surface area contributed by atoms with Crippen LogP contribution in [0.15, 0.2) is 162 Å². The highest BCUT2D eigenvalue weighted by Crippen LogP contribution is 2.48. The second-order valence-electron chi connectivity index (χ2n) is 16.2. The van der Waals surface area contributed by atoms with Crippen LogP contribution in [0, 0.1) is 34.6 Å². The molecule has 0 amide bonds. The van der Waals surface area contributed by atoms with Gasteiger partial charge in [0.1, 0.15) is 28.6 Å². The molecule has 0 unspecified atom stereocenters. The summed E-state index contributed by atoms with van der Waals surface area (Å²) >= 11 is 0. The molecule has 0 N–H and O–H groups in total. The van der Waals surface area contributed by atoms with Crippen molar-refractivity contribution in [1.82, 2.24) is 0 Å². The van der Waals surface area contributed by atoms with Crippen molar-refractivity contribution in [3.63, 3.8) is 0 Å². The lowest BCUT2D eigenvalue weighted by Crippen LogP contribution is -2.57. The van der Waals surface area contributed by atoms with E-state index in [1.165, 1.54) is 27.8 Å². The molecule has 9 aromatic rings. The number of furan rings is 1. The average Bonchev–Trinajstić information content (AvgIpc) is 3.64. The van der Waals surface area contributed by atoms with Gasteiger partial charge in [-0.15, -0.1) is 0 Å². The van der Waals surface area contributed by atoms with Crippen molar-refractivity contribution in [2.24, 2.45) is 0 Å². The molecule has 1 aromatic heterocycles. The molecule has 6 heteroatoms. The Hall–Kier alpha value is -7.18. The molecule has 11 rings (SSSR count). The van der Waals surface area contributed by atoms with Crippen LogP contribution in [0.4, 0.5) is 34.1 Å². The van der Waals surface area contributed by atoms with E-state index in [0.717, 1.165) is 95.4 Å². The molecule has 0 saturated carbocycles. The van der Waals surface area contributed by atoms with Crippen molar-refractivity contribution in [3.05, 3.63) is 186 Å². The van der Waals surface area contributed by atoms with Crippen LogP contribution in [0.5, 0.6) is 23.0 Å². The third kappa shape index (κ3) is 5.78. The van der Waals surface area contributed by atoms with Crippen molar-refractivity contribution in [1.29, 1.82) is 0 Å². The maximum atomic E-state index is 7.32. The second kappa shape index (κ2) is 13.5. The Morgan fingerprint density at radius 3 is 1.44 bits per heavy atom. The van der Waals surface area contributed by atoms with Crippen LogP contribution < -0.4 is 35.7 Å². The number of para-hydroxylation sites is 1. The van der Waals surface area contributed by atoms with E-state index in [1.54, 1.807) is 0 Å². The second-order valence-corrected chi connectivity index (χ2v) is 16.2. The van der Waals surface area contributed by atoms with E-state index in [-0.39, 0.29) is 6.71 Å². The number of hydrogen-bond donors (Lipinski definition) is 0. The Labute approximate surface area is 344 Å². The van der Waals surface area contributed by atoms with Gasteiger partial charge in [0.15, 0.2) is 5.58 Å². The minimum Gasteiger partial charge on any atom is -0.458 e. The zero-order valence-electron chi connectivity index (χ0n) is 33.7. The van der Waals surface area contributed by atoms with Crippen molar-refractivity contribution in [2.45, 2.75) is 34.6 Å². The number of ether oxygens (including phenoxy) is 2. The summed E-state index contributed by atoms with van der Waals surface area (Å²) in [7, 11) is 0. The topological polar surface area (TPSA) is 38.1 Å². The minimum absolute atomic E-state index is 0.182. The molecule has 284 valence electrons. The van der Waals surface area contributed by atoms with Gasteiger partial charge in [-0.1, -0.05) is 107 Å². The van der Waals surface area contributed by atoms with Gasteiger partial charge in [0.05, 0.1) is 11.4 Å². The van der Waals surface area contributed by atoms with E-state index in [2.05, 4.69) is 196 Å². The third-order valence-corrected chi connectivity index (χ3v) is 11.9. The number of nitrogens with zero attached hydrogens (tertiary/aromatic N) is 2. The van der Waals surface area contributed by atoms with Gasteiger partial charge >= 0.3 is 0 Å². The first-order valence-corrected chi connectivity index (χ1v) is 20.3. The first-order valence-electron chi connectivity index (χ1n) is 20.3. The maximum Gasteiger partial charge on any atom is 0.261 e. The van der Waals surface area contributed by atoms with E-state index in [1.807, 2.05) is 6.07 Å². The summed E-state index contributed by atoms with van der Waals surface area (Å²) in [5.74, 6) is 3.17. The van der Waals surface area contributed by atoms with E-state index >= 15 is 0 Å². The molecule has 0 spiro atoms. The van der Waals surface area contributed by atoms with Gasteiger partial charge in [-0.3, -0.25) is 0 Å².